The Morgan fingerprint density at radius 1 is 1.24 bits per heavy atom. The fraction of sp³-hybridized carbons (Fsp3) is 0.647. The lowest BCUT2D eigenvalue weighted by Crippen LogP contribution is -2.54. The zero-order chi connectivity index (χ0) is 18.3. The van der Waals surface area contributed by atoms with Gasteiger partial charge in [-0.25, -0.2) is 4.98 Å². The molecule has 1 spiro atoms. The van der Waals surface area contributed by atoms with Crippen molar-refractivity contribution >= 4 is 17.7 Å². The molecule has 2 saturated heterocycles. The molecule has 0 unspecified atom stereocenters. The molecule has 2 fully saturated rings. The van der Waals surface area contributed by atoms with Crippen molar-refractivity contribution in [1.29, 1.82) is 0 Å². The van der Waals surface area contributed by atoms with Crippen molar-refractivity contribution in [1.82, 2.24) is 9.88 Å². The van der Waals surface area contributed by atoms with Crippen molar-refractivity contribution in [3.63, 3.8) is 0 Å². The number of hydrogen-bond acceptors (Lipinski definition) is 4. The maximum Gasteiger partial charge on any atom is 0.433 e. The number of likely N-dealkylation sites (tertiary alicyclic amines) is 1. The quantitative estimate of drug-likeness (QED) is 0.811. The summed E-state index contributed by atoms with van der Waals surface area (Å²) in [6.07, 6.45) is -1.48. The first-order valence-corrected chi connectivity index (χ1v) is 9.36. The molecule has 8 heteroatoms. The molecule has 3 heterocycles. The summed E-state index contributed by atoms with van der Waals surface area (Å²) in [4.78, 5) is 17.9. The molecule has 138 valence electrons. The summed E-state index contributed by atoms with van der Waals surface area (Å²) in [5, 5.41) is 0. The highest BCUT2D eigenvalue weighted by Crippen LogP contribution is 2.46. The highest BCUT2D eigenvalue weighted by Gasteiger charge is 2.44. The second kappa shape index (κ2) is 6.37. The number of halogens is 3. The first kappa shape index (κ1) is 18.4. The normalized spacial score (nSPS) is 20.3. The van der Waals surface area contributed by atoms with E-state index >= 15 is 0 Å². The highest BCUT2D eigenvalue weighted by atomic mass is 32.2. The lowest BCUT2D eigenvalue weighted by molar-refractivity contribution is -0.148. The second-order valence-electron chi connectivity index (χ2n) is 7.27. The molecule has 2 aliphatic heterocycles. The summed E-state index contributed by atoms with van der Waals surface area (Å²) in [5.41, 5.74) is -1.73. The standard InChI is InChI=1S/C17H21F3N2O2S/c1-15(2,24-12-3-4-13(21-9-12)17(18,19)20)14(23)22-7-5-16(6-8-22)10-25-11-16/h3-4,9H,5-8,10-11H2,1-2H3. The van der Waals surface area contributed by atoms with Crippen LogP contribution in [0.25, 0.3) is 0 Å². The highest BCUT2D eigenvalue weighted by molar-refractivity contribution is 8.00. The zero-order valence-corrected chi connectivity index (χ0v) is 15.0. The molecule has 1 aromatic heterocycles. The summed E-state index contributed by atoms with van der Waals surface area (Å²) < 4.78 is 43.3. The van der Waals surface area contributed by atoms with Crippen LogP contribution >= 0.6 is 11.8 Å². The van der Waals surface area contributed by atoms with E-state index in [9.17, 15) is 18.0 Å². The molecule has 1 aromatic rings. The maximum atomic E-state index is 12.8. The average molecular weight is 374 g/mol. The van der Waals surface area contributed by atoms with E-state index in [4.69, 9.17) is 4.74 Å². The van der Waals surface area contributed by atoms with Gasteiger partial charge in [0.25, 0.3) is 5.91 Å². The van der Waals surface area contributed by atoms with Crippen LogP contribution in [0, 0.1) is 5.41 Å². The van der Waals surface area contributed by atoms with E-state index in [-0.39, 0.29) is 11.7 Å². The van der Waals surface area contributed by atoms with E-state index in [1.807, 2.05) is 11.8 Å². The van der Waals surface area contributed by atoms with Gasteiger partial charge in [0.15, 0.2) is 5.60 Å². The molecular formula is C17H21F3N2O2S. The molecule has 0 saturated carbocycles. The van der Waals surface area contributed by atoms with E-state index in [1.165, 1.54) is 17.6 Å². The summed E-state index contributed by atoms with van der Waals surface area (Å²) in [6.45, 7) is 4.68. The van der Waals surface area contributed by atoms with E-state index in [0.29, 0.717) is 18.5 Å². The number of piperidine rings is 1. The van der Waals surface area contributed by atoms with Gasteiger partial charge in [-0.15, -0.1) is 0 Å². The predicted octanol–water partition coefficient (Wildman–Crippen LogP) is 3.61. The molecule has 25 heavy (non-hydrogen) atoms. The Morgan fingerprint density at radius 3 is 2.32 bits per heavy atom. The Hall–Kier alpha value is -1.44. The summed E-state index contributed by atoms with van der Waals surface area (Å²) in [5.74, 6) is 2.35. The molecule has 1 amide bonds. The van der Waals surface area contributed by atoms with Crippen molar-refractivity contribution in [2.45, 2.75) is 38.5 Å². The Kier molecular flexibility index (Phi) is 4.68. The van der Waals surface area contributed by atoms with Gasteiger partial charge in [0.05, 0.1) is 6.20 Å². The van der Waals surface area contributed by atoms with Crippen molar-refractivity contribution in [3.8, 4) is 5.75 Å². The number of nitrogens with zero attached hydrogens (tertiary/aromatic N) is 2. The Labute approximate surface area is 149 Å². The van der Waals surface area contributed by atoms with Gasteiger partial charge in [0, 0.05) is 13.1 Å². The molecule has 0 N–H and O–H groups in total. The lowest BCUT2D eigenvalue weighted by atomic mass is 9.81. The average Bonchev–Trinajstić information content (AvgIpc) is 2.52. The second-order valence-corrected chi connectivity index (χ2v) is 8.26. The number of aromatic nitrogens is 1. The molecule has 0 radical (unpaired) electrons. The maximum absolute atomic E-state index is 12.8. The van der Waals surface area contributed by atoms with Crippen molar-refractivity contribution < 1.29 is 22.7 Å². The number of carbonyl (C=O) groups is 1. The monoisotopic (exact) mass is 374 g/mol. The lowest BCUT2D eigenvalue weighted by Gasteiger charge is -2.48. The molecule has 3 rings (SSSR count). The number of rotatable bonds is 3. The summed E-state index contributed by atoms with van der Waals surface area (Å²) in [6, 6.07) is 2.05. The zero-order valence-electron chi connectivity index (χ0n) is 14.2. The van der Waals surface area contributed by atoms with Gasteiger partial charge < -0.3 is 9.64 Å². The number of carbonyl (C=O) groups excluding carboxylic acids is 1. The van der Waals surface area contributed by atoms with Crippen LogP contribution < -0.4 is 4.74 Å². The molecule has 0 bridgehead atoms. The number of ether oxygens (including phenoxy) is 1. The van der Waals surface area contributed by atoms with Gasteiger partial charge in [-0.2, -0.15) is 24.9 Å². The third kappa shape index (κ3) is 3.88. The van der Waals surface area contributed by atoms with Crippen LogP contribution in [0.4, 0.5) is 13.2 Å². The smallest absolute Gasteiger partial charge is 0.433 e. The topological polar surface area (TPSA) is 42.4 Å². The van der Waals surface area contributed by atoms with Crippen molar-refractivity contribution in [2.75, 3.05) is 24.6 Å². The van der Waals surface area contributed by atoms with Gasteiger partial charge in [-0.1, -0.05) is 0 Å². The van der Waals surface area contributed by atoms with Crippen LogP contribution in [0.1, 0.15) is 32.4 Å². The minimum Gasteiger partial charge on any atom is -0.476 e. The van der Waals surface area contributed by atoms with Crippen LogP contribution in [0.15, 0.2) is 18.3 Å². The molecule has 4 nitrogen and oxygen atoms in total. The third-order valence-corrected chi connectivity index (χ3v) is 6.48. The van der Waals surface area contributed by atoms with Gasteiger partial charge in [-0.3, -0.25) is 4.79 Å². The fourth-order valence-electron chi connectivity index (χ4n) is 3.19. The number of hydrogen-bond donors (Lipinski definition) is 0. The number of thioether (sulfide) groups is 1. The van der Waals surface area contributed by atoms with Crippen LogP contribution in [0.3, 0.4) is 0 Å². The van der Waals surface area contributed by atoms with E-state index < -0.39 is 17.5 Å². The van der Waals surface area contributed by atoms with E-state index in [0.717, 1.165) is 25.1 Å². The Balaban J connectivity index is 1.62. The minimum atomic E-state index is -4.49. The van der Waals surface area contributed by atoms with Gasteiger partial charge in [-0.05, 0) is 55.7 Å². The van der Waals surface area contributed by atoms with Gasteiger partial charge in [0.1, 0.15) is 11.4 Å². The van der Waals surface area contributed by atoms with Crippen LogP contribution in [-0.4, -0.2) is 46.0 Å². The molecule has 0 atom stereocenters. The number of pyridine rings is 1. The first-order valence-electron chi connectivity index (χ1n) is 8.21. The van der Waals surface area contributed by atoms with Gasteiger partial charge in [0.2, 0.25) is 0 Å². The van der Waals surface area contributed by atoms with Crippen molar-refractivity contribution in [2.24, 2.45) is 5.41 Å². The number of alkyl halides is 3. The number of amides is 1. The predicted molar refractivity (Wildman–Crippen MR) is 89.5 cm³/mol. The van der Waals surface area contributed by atoms with Crippen molar-refractivity contribution in [3.05, 3.63) is 24.0 Å². The Morgan fingerprint density at radius 2 is 1.88 bits per heavy atom. The molecule has 0 aromatic carbocycles. The minimum absolute atomic E-state index is 0.144. The van der Waals surface area contributed by atoms with Crippen LogP contribution in [-0.2, 0) is 11.0 Å². The first-order chi connectivity index (χ1) is 11.6. The van der Waals surface area contributed by atoms with Crippen LogP contribution in [0.2, 0.25) is 0 Å². The van der Waals surface area contributed by atoms with E-state index in [2.05, 4.69) is 4.98 Å². The van der Waals surface area contributed by atoms with Crippen LogP contribution in [0.5, 0.6) is 5.75 Å². The molecule has 0 aliphatic carbocycles. The largest absolute Gasteiger partial charge is 0.476 e. The molecule has 2 aliphatic rings. The molecular weight excluding hydrogens is 353 g/mol. The third-order valence-electron chi connectivity index (χ3n) is 4.84. The summed E-state index contributed by atoms with van der Waals surface area (Å²) in [7, 11) is 0. The summed E-state index contributed by atoms with van der Waals surface area (Å²) >= 11 is 1.95. The van der Waals surface area contributed by atoms with Gasteiger partial charge >= 0.3 is 6.18 Å². The SMILES string of the molecule is CC(C)(Oc1ccc(C(F)(F)F)nc1)C(=O)N1CCC2(CC1)CSC2. The Bertz CT molecular complexity index is 632. The van der Waals surface area contributed by atoms with E-state index in [1.54, 1.807) is 18.7 Å². The fourth-order valence-corrected chi connectivity index (χ4v) is 4.55.